The van der Waals surface area contributed by atoms with Gasteiger partial charge in [-0.2, -0.15) is 0 Å². The van der Waals surface area contributed by atoms with Crippen LogP contribution < -0.4 is 5.32 Å². The zero-order valence-corrected chi connectivity index (χ0v) is 18.2. The summed E-state index contributed by atoms with van der Waals surface area (Å²) in [7, 11) is 0. The number of benzene rings is 2. The fourth-order valence-electron chi connectivity index (χ4n) is 3.94. The van der Waals surface area contributed by atoms with Gasteiger partial charge in [-0.15, -0.1) is 0 Å². The lowest BCUT2D eigenvalue weighted by atomic mass is 9.92. The maximum absolute atomic E-state index is 11.3. The number of hydrogen-bond acceptors (Lipinski definition) is 2. The van der Waals surface area contributed by atoms with Crippen molar-refractivity contribution in [3.63, 3.8) is 0 Å². The van der Waals surface area contributed by atoms with Crippen LogP contribution >= 0.6 is 11.6 Å². The summed E-state index contributed by atoms with van der Waals surface area (Å²) in [5.41, 5.74) is 4.82. The quantitative estimate of drug-likeness (QED) is 0.502. The molecular weight excluding hydrogens is 382 g/mol. The summed E-state index contributed by atoms with van der Waals surface area (Å²) in [5.74, 6) is 0.545. The Labute approximate surface area is 178 Å². The maximum atomic E-state index is 11.3. The number of nitrogens with one attached hydrogen (secondary N) is 2. The molecule has 5 heteroatoms. The SMILES string of the molecule is CC(C)CC1c2[nH]c3ccc(Cl)cc3c2CCN1C=O.CCNc1ccccc1. The molecule has 0 radical (unpaired) electrons. The molecule has 0 spiro atoms. The molecule has 2 N–H and O–H groups in total. The van der Waals surface area contributed by atoms with Crippen LogP contribution in [-0.4, -0.2) is 29.4 Å². The van der Waals surface area contributed by atoms with Gasteiger partial charge in [0.15, 0.2) is 0 Å². The Morgan fingerprint density at radius 1 is 1.24 bits per heavy atom. The molecule has 4 nitrogen and oxygen atoms in total. The van der Waals surface area contributed by atoms with Gasteiger partial charge < -0.3 is 15.2 Å². The molecule has 1 amide bonds. The van der Waals surface area contributed by atoms with E-state index in [4.69, 9.17) is 11.6 Å². The standard InChI is InChI=1S/C16H19ClN2O.C8H11N/c1-10(2)7-15-16-12(5-6-19(15)9-20)13-8-11(17)3-4-14(13)18-16;1-2-9-8-6-4-3-5-7-8/h3-4,8-10,15,18H,5-7H2,1-2H3;3-7,9H,2H2,1H3. The molecule has 0 saturated heterocycles. The molecule has 0 fully saturated rings. The Bertz CT molecular complexity index is 936. The molecular formula is C24H30ClN3O. The summed E-state index contributed by atoms with van der Waals surface area (Å²) in [6.07, 6.45) is 2.85. The van der Waals surface area contributed by atoms with Gasteiger partial charge in [-0.3, -0.25) is 4.79 Å². The van der Waals surface area contributed by atoms with Crippen molar-refractivity contribution in [1.29, 1.82) is 0 Å². The van der Waals surface area contributed by atoms with E-state index in [1.54, 1.807) is 0 Å². The Morgan fingerprint density at radius 2 is 2.00 bits per heavy atom. The molecule has 0 aliphatic carbocycles. The van der Waals surface area contributed by atoms with Crippen LogP contribution in [0.15, 0.2) is 48.5 Å². The van der Waals surface area contributed by atoms with Crippen LogP contribution in [0.4, 0.5) is 5.69 Å². The molecule has 2 aromatic carbocycles. The van der Waals surface area contributed by atoms with Gasteiger partial charge in [0, 0.05) is 40.4 Å². The lowest BCUT2D eigenvalue weighted by Gasteiger charge is -2.34. The van der Waals surface area contributed by atoms with E-state index < -0.39 is 0 Å². The second kappa shape index (κ2) is 9.84. The van der Waals surface area contributed by atoms with Crippen molar-refractivity contribution in [2.45, 2.75) is 39.7 Å². The Hall–Kier alpha value is -2.46. The zero-order valence-electron chi connectivity index (χ0n) is 17.4. The lowest BCUT2D eigenvalue weighted by Crippen LogP contribution is -2.35. The highest BCUT2D eigenvalue weighted by Gasteiger charge is 2.29. The first-order chi connectivity index (χ1) is 14.0. The molecule has 0 saturated carbocycles. The highest BCUT2D eigenvalue weighted by atomic mass is 35.5. The van der Waals surface area contributed by atoms with Gasteiger partial charge in [-0.05, 0) is 61.6 Å². The number of halogens is 1. The van der Waals surface area contributed by atoms with E-state index in [0.717, 1.165) is 42.9 Å². The molecule has 1 unspecified atom stereocenters. The van der Waals surface area contributed by atoms with Gasteiger partial charge in [0.25, 0.3) is 0 Å². The van der Waals surface area contributed by atoms with Gasteiger partial charge in [0.05, 0.1) is 6.04 Å². The van der Waals surface area contributed by atoms with Crippen LogP contribution in [0.3, 0.4) is 0 Å². The van der Waals surface area contributed by atoms with Crippen LogP contribution in [0, 0.1) is 5.92 Å². The Morgan fingerprint density at radius 3 is 2.66 bits per heavy atom. The molecule has 3 aromatic rings. The first-order valence-electron chi connectivity index (χ1n) is 10.3. The minimum atomic E-state index is 0.155. The maximum Gasteiger partial charge on any atom is 0.210 e. The average Bonchev–Trinajstić information content (AvgIpc) is 3.08. The molecule has 1 aliphatic heterocycles. The molecule has 0 bridgehead atoms. The molecule has 29 heavy (non-hydrogen) atoms. The molecule has 1 aliphatic rings. The molecule has 1 atom stereocenters. The van der Waals surface area contributed by atoms with Gasteiger partial charge >= 0.3 is 0 Å². The predicted octanol–water partition coefficient (Wildman–Crippen LogP) is 6.04. The number of hydrogen-bond donors (Lipinski definition) is 2. The lowest BCUT2D eigenvalue weighted by molar-refractivity contribution is -0.121. The van der Waals surface area contributed by atoms with Crippen molar-refractivity contribution in [1.82, 2.24) is 9.88 Å². The second-order valence-electron chi connectivity index (χ2n) is 7.84. The summed E-state index contributed by atoms with van der Waals surface area (Å²) in [4.78, 5) is 16.7. The number of nitrogens with zero attached hydrogens (tertiary/aromatic N) is 1. The van der Waals surface area contributed by atoms with E-state index in [1.807, 2.05) is 41.3 Å². The summed E-state index contributed by atoms with van der Waals surface area (Å²) >= 11 is 6.11. The van der Waals surface area contributed by atoms with Gasteiger partial charge in [0.2, 0.25) is 6.41 Å². The van der Waals surface area contributed by atoms with E-state index in [1.165, 1.54) is 22.3 Å². The number of anilines is 1. The predicted molar refractivity (Wildman–Crippen MR) is 123 cm³/mol. The normalized spacial score (nSPS) is 15.6. The van der Waals surface area contributed by atoms with Crippen LogP contribution in [-0.2, 0) is 11.2 Å². The second-order valence-corrected chi connectivity index (χ2v) is 8.28. The molecule has 1 aromatic heterocycles. The van der Waals surface area contributed by atoms with Crippen LogP contribution in [0.1, 0.15) is 44.5 Å². The average molecular weight is 412 g/mol. The number of H-pyrrole nitrogens is 1. The van der Waals surface area contributed by atoms with Gasteiger partial charge in [-0.1, -0.05) is 43.6 Å². The van der Waals surface area contributed by atoms with Crippen LogP contribution in [0.25, 0.3) is 10.9 Å². The van der Waals surface area contributed by atoms with E-state index in [-0.39, 0.29) is 6.04 Å². The highest BCUT2D eigenvalue weighted by molar-refractivity contribution is 6.31. The number of fused-ring (bicyclic) bond motifs is 3. The monoisotopic (exact) mass is 411 g/mol. The topological polar surface area (TPSA) is 48.1 Å². The first kappa shape index (κ1) is 21.3. The fraction of sp³-hybridized carbons (Fsp3) is 0.375. The summed E-state index contributed by atoms with van der Waals surface area (Å²) in [6.45, 7) is 8.25. The van der Waals surface area contributed by atoms with E-state index in [2.05, 4.69) is 43.2 Å². The third kappa shape index (κ3) is 5.13. The Kier molecular flexibility index (Phi) is 7.21. The van der Waals surface area contributed by atoms with Crippen molar-refractivity contribution in [2.24, 2.45) is 5.92 Å². The Balaban J connectivity index is 0.000000224. The van der Waals surface area contributed by atoms with Gasteiger partial charge in [0.1, 0.15) is 0 Å². The highest BCUT2D eigenvalue weighted by Crippen LogP contribution is 2.37. The van der Waals surface area contributed by atoms with Crippen LogP contribution in [0.2, 0.25) is 5.02 Å². The largest absolute Gasteiger partial charge is 0.385 e. The van der Waals surface area contributed by atoms with Crippen molar-refractivity contribution >= 4 is 34.6 Å². The van der Waals surface area contributed by atoms with Crippen molar-refractivity contribution in [2.75, 3.05) is 18.4 Å². The minimum absolute atomic E-state index is 0.155. The number of carbonyl (C=O) groups is 1. The van der Waals surface area contributed by atoms with E-state index in [9.17, 15) is 4.79 Å². The smallest absolute Gasteiger partial charge is 0.210 e. The van der Waals surface area contributed by atoms with E-state index >= 15 is 0 Å². The zero-order chi connectivity index (χ0) is 20.8. The number of aromatic nitrogens is 1. The molecule has 154 valence electrons. The number of carbonyl (C=O) groups excluding carboxylic acids is 1. The number of rotatable bonds is 5. The van der Waals surface area contributed by atoms with Gasteiger partial charge in [-0.25, -0.2) is 0 Å². The summed E-state index contributed by atoms with van der Waals surface area (Å²) in [5, 5.41) is 5.17. The van der Waals surface area contributed by atoms with E-state index in [0.29, 0.717) is 5.92 Å². The van der Waals surface area contributed by atoms with Crippen molar-refractivity contribution < 1.29 is 4.79 Å². The molecule has 2 heterocycles. The third-order valence-electron chi connectivity index (χ3n) is 5.24. The van der Waals surface area contributed by atoms with Crippen molar-refractivity contribution in [3.05, 3.63) is 64.8 Å². The molecule has 4 rings (SSSR count). The van der Waals surface area contributed by atoms with Crippen LogP contribution in [0.5, 0.6) is 0 Å². The number of aromatic amines is 1. The van der Waals surface area contributed by atoms with Crippen molar-refractivity contribution in [3.8, 4) is 0 Å². The third-order valence-corrected chi connectivity index (χ3v) is 5.47. The fourth-order valence-corrected chi connectivity index (χ4v) is 4.12. The summed E-state index contributed by atoms with van der Waals surface area (Å²) < 4.78 is 0. The first-order valence-corrected chi connectivity index (χ1v) is 10.7. The summed E-state index contributed by atoms with van der Waals surface area (Å²) in [6, 6.07) is 16.3. The minimum Gasteiger partial charge on any atom is -0.385 e. The number of amides is 1. The number of para-hydroxylation sites is 1.